The third kappa shape index (κ3) is 5.06. The number of nitrogens with zero attached hydrogens (tertiary/aromatic N) is 3. The van der Waals surface area contributed by atoms with E-state index in [1.165, 1.54) is 42.6 Å². The van der Waals surface area contributed by atoms with Crippen molar-refractivity contribution in [1.82, 2.24) is 5.43 Å². The molecule has 0 fully saturated rings. The number of nitrogens with one attached hydrogen (secondary N) is 1. The normalized spacial score (nSPS) is 10.9. The first-order chi connectivity index (χ1) is 12.5. The minimum atomic E-state index is -0.554. The lowest BCUT2D eigenvalue weighted by Gasteiger charge is -2.01. The van der Waals surface area contributed by atoms with Crippen LogP contribution in [0, 0.1) is 20.2 Å². The molecule has 0 bridgehead atoms. The summed E-state index contributed by atoms with van der Waals surface area (Å²) in [5.41, 5.74) is 2.74. The van der Waals surface area contributed by atoms with Gasteiger partial charge in [-0.15, -0.1) is 0 Å². The fourth-order valence-corrected chi connectivity index (χ4v) is 2.14. The summed E-state index contributed by atoms with van der Waals surface area (Å²) >= 11 is 0. The van der Waals surface area contributed by atoms with Crippen molar-refractivity contribution in [3.8, 4) is 0 Å². The molecule has 0 atom stereocenters. The number of hydrogen-bond acceptors (Lipinski definition) is 6. The van der Waals surface area contributed by atoms with Crippen LogP contribution in [0.4, 0.5) is 11.4 Å². The second-order valence-corrected chi connectivity index (χ2v) is 5.05. The summed E-state index contributed by atoms with van der Waals surface area (Å²) in [5, 5.41) is 25.5. The zero-order valence-electron chi connectivity index (χ0n) is 13.4. The van der Waals surface area contributed by atoms with Gasteiger partial charge in [-0.05, 0) is 18.2 Å². The maximum absolute atomic E-state index is 11.8. The Labute approximate surface area is 148 Å². The van der Waals surface area contributed by atoms with Crippen LogP contribution in [-0.2, 0) is 11.2 Å². The molecular weight excluding hydrogens is 340 g/mol. The van der Waals surface area contributed by atoms with Crippen LogP contribution in [0.15, 0.2) is 59.7 Å². The molecule has 132 valence electrons. The van der Waals surface area contributed by atoms with Crippen LogP contribution in [0.2, 0.25) is 0 Å². The van der Waals surface area contributed by atoms with Crippen molar-refractivity contribution < 1.29 is 14.6 Å². The Hall–Kier alpha value is -3.88. The second kappa shape index (κ2) is 8.83. The average Bonchev–Trinajstić information content (AvgIpc) is 2.62. The Kier molecular flexibility index (Phi) is 6.27. The molecule has 0 aromatic heterocycles. The van der Waals surface area contributed by atoms with E-state index in [9.17, 15) is 25.0 Å². The fraction of sp³-hybridized carbons (Fsp3) is 0.0588. The van der Waals surface area contributed by atoms with E-state index < -0.39 is 15.8 Å². The molecule has 1 amide bonds. The molecule has 0 aliphatic heterocycles. The Bertz CT molecular complexity index is 892. The van der Waals surface area contributed by atoms with Crippen molar-refractivity contribution in [2.24, 2.45) is 5.10 Å². The molecule has 9 heteroatoms. The number of rotatable bonds is 7. The van der Waals surface area contributed by atoms with Crippen LogP contribution in [0.3, 0.4) is 0 Å². The molecule has 0 radical (unpaired) electrons. The van der Waals surface area contributed by atoms with Gasteiger partial charge < -0.3 is 0 Å². The number of amides is 1. The summed E-state index contributed by atoms with van der Waals surface area (Å²) in [6, 6.07) is 12.1. The third-order valence-electron chi connectivity index (χ3n) is 3.30. The summed E-state index contributed by atoms with van der Waals surface area (Å²) < 4.78 is 0. The predicted molar refractivity (Wildman–Crippen MR) is 95.6 cm³/mol. The standard InChI is InChI=1S/C17H14N4O5/c22-17(12-14-7-2-4-10-16(14)21(25)26)19-18-11-5-8-13-6-1-3-9-15(13)20(23)24/h1-11H,12H2,(H,19,22). The van der Waals surface area contributed by atoms with E-state index in [-0.39, 0.29) is 23.4 Å². The highest BCUT2D eigenvalue weighted by Gasteiger charge is 2.15. The quantitative estimate of drug-likeness (QED) is 0.464. The van der Waals surface area contributed by atoms with Gasteiger partial charge in [-0.2, -0.15) is 5.10 Å². The molecule has 0 saturated carbocycles. The Morgan fingerprint density at radius 2 is 1.62 bits per heavy atom. The van der Waals surface area contributed by atoms with Crippen molar-refractivity contribution in [3.05, 3.63) is 86.0 Å². The van der Waals surface area contributed by atoms with E-state index in [4.69, 9.17) is 0 Å². The lowest BCUT2D eigenvalue weighted by molar-refractivity contribution is -0.385. The second-order valence-electron chi connectivity index (χ2n) is 5.05. The molecular formula is C17H14N4O5. The number of nitro benzene ring substituents is 2. The van der Waals surface area contributed by atoms with Crippen molar-refractivity contribution in [2.75, 3.05) is 0 Å². The number of benzene rings is 2. The van der Waals surface area contributed by atoms with E-state index >= 15 is 0 Å². The van der Waals surface area contributed by atoms with E-state index in [0.717, 1.165) is 0 Å². The van der Waals surface area contributed by atoms with E-state index in [2.05, 4.69) is 10.5 Å². The molecule has 1 N–H and O–H groups in total. The monoisotopic (exact) mass is 354 g/mol. The van der Waals surface area contributed by atoms with E-state index in [1.54, 1.807) is 24.3 Å². The fourth-order valence-electron chi connectivity index (χ4n) is 2.14. The molecule has 0 spiro atoms. The van der Waals surface area contributed by atoms with Gasteiger partial charge in [-0.25, -0.2) is 5.43 Å². The van der Waals surface area contributed by atoms with Gasteiger partial charge in [0.1, 0.15) is 0 Å². The van der Waals surface area contributed by atoms with Gasteiger partial charge in [0.15, 0.2) is 0 Å². The predicted octanol–water partition coefficient (Wildman–Crippen LogP) is 2.86. The molecule has 2 aromatic carbocycles. The molecule has 2 aromatic rings. The Morgan fingerprint density at radius 1 is 1.00 bits per heavy atom. The lowest BCUT2D eigenvalue weighted by atomic mass is 10.1. The molecule has 0 heterocycles. The van der Waals surface area contributed by atoms with Gasteiger partial charge in [0.2, 0.25) is 5.91 Å². The highest BCUT2D eigenvalue weighted by atomic mass is 16.6. The van der Waals surface area contributed by atoms with Gasteiger partial charge in [0.05, 0.1) is 21.8 Å². The Morgan fingerprint density at radius 3 is 2.31 bits per heavy atom. The number of nitro groups is 2. The smallest absolute Gasteiger partial charge is 0.273 e. The first-order valence-electron chi connectivity index (χ1n) is 7.43. The van der Waals surface area contributed by atoms with Gasteiger partial charge in [-0.1, -0.05) is 30.3 Å². The van der Waals surface area contributed by atoms with Crippen molar-refractivity contribution in [1.29, 1.82) is 0 Å². The SMILES string of the molecule is O=C(Cc1ccccc1[N+](=O)[O-])NN=CC=Cc1ccccc1[N+](=O)[O-]. The summed E-state index contributed by atoms with van der Waals surface area (Å²) in [5.74, 6) is -0.519. The zero-order chi connectivity index (χ0) is 18.9. The molecule has 9 nitrogen and oxygen atoms in total. The van der Waals surface area contributed by atoms with Gasteiger partial charge in [-0.3, -0.25) is 25.0 Å². The van der Waals surface area contributed by atoms with Crippen LogP contribution in [0.25, 0.3) is 6.08 Å². The summed E-state index contributed by atoms with van der Waals surface area (Å²) in [6.45, 7) is 0. The van der Waals surface area contributed by atoms with Crippen LogP contribution in [-0.4, -0.2) is 22.0 Å². The first kappa shape index (κ1) is 18.5. The number of carbonyl (C=O) groups is 1. The number of allylic oxidation sites excluding steroid dienone is 1. The highest BCUT2D eigenvalue weighted by Crippen LogP contribution is 2.19. The molecule has 26 heavy (non-hydrogen) atoms. The summed E-state index contributed by atoms with van der Waals surface area (Å²) in [6.07, 6.45) is 3.99. The van der Waals surface area contributed by atoms with Gasteiger partial charge >= 0.3 is 0 Å². The number of carbonyl (C=O) groups excluding carboxylic acids is 1. The van der Waals surface area contributed by atoms with E-state index in [0.29, 0.717) is 5.56 Å². The molecule has 0 aliphatic carbocycles. The molecule has 0 unspecified atom stereocenters. The van der Waals surface area contributed by atoms with Crippen molar-refractivity contribution >= 4 is 29.6 Å². The summed E-state index contributed by atoms with van der Waals surface area (Å²) in [7, 11) is 0. The van der Waals surface area contributed by atoms with Crippen molar-refractivity contribution in [2.45, 2.75) is 6.42 Å². The third-order valence-corrected chi connectivity index (χ3v) is 3.30. The molecule has 0 aliphatic rings. The largest absolute Gasteiger partial charge is 0.276 e. The minimum absolute atomic E-state index is 0.0439. The van der Waals surface area contributed by atoms with E-state index in [1.807, 2.05) is 0 Å². The van der Waals surface area contributed by atoms with Crippen molar-refractivity contribution in [3.63, 3.8) is 0 Å². The lowest BCUT2D eigenvalue weighted by Crippen LogP contribution is -2.20. The van der Waals surface area contributed by atoms with Gasteiger partial charge in [0.25, 0.3) is 11.4 Å². The molecule has 2 rings (SSSR count). The Balaban J connectivity index is 1.94. The summed E-state index contributed by atoms with van der Waals surface area (Å²) in [4.78, 5) is 32.5. The van der Waals surface area contributed by atoms with Crippen LogP contribution >= 0.6 is 0 Å². The maximum Gasteiger partial charge on any atom is 0.276 e. The number of para-hydroxylation sites is 2. The number of hydrazone groups is 1. The topological polar surface area (TPSA) is 128 Å². The maximum atomic E-state index is 11.8. The van der Waals surface area contributed by atoms with Crippen LogP contribution < -0.4 is 5.43 Å². The first-order valence-corrected chi connectivity index (χ1v) is 7.43. The minimum Gasteiger partial charge on any atom is -0.273 e. The zero-order valence-corrected chi connectivity index (χ0v) is 13.4. The number of hydrogen-bond donors (Lipinski definition) is 1. The van der Waals surface area contributed by atoms with Crippen LogP contribution in [0.1, 0.15) is 11.1 Å². The molecule has 0 saturated heterocycles. The highest BCUT2D eigenvalue weighted by molar-refractivity contribution is 5.83. The average molecular weight is 354 g/mol. The van der Waals surface area contributed by atoms with Gasteiger partial charge in [0, 0.05) is 23.9 Å². The van der Waals surface area contributed by atoms with Crippen LogP contribution in [0.5, 0.6) is 0 Å².